The predicted octanol–water partition coefficient (Wildman–Crippen LogP) is 0.695. The molecular weight excluding hydrogens is 394 g/mol. The van der Waals surface area contributed by atoms with Gasteiger partial charge in [-0.1, -0.05) is 12.1 Å². The molecule has 10 heteroatoms. The number of benzene rings is 1. The summed E-state index contributed by atoms with van der Waals surface area (Å²) in [7, 11) is -3.70. The Hall–Kier alpha value is -2.56. The second kappa shape index (κ2) is 8.85. The number of carbonyl (C=O) groups excluding carboxylic acids is 2. The van der Waals surface area contributed by atoms with Crippen LogP contribution >= 0.6 is 0 Å². The van der Waals surface area contributed by atoms with Crippen LogP contribution in [0, 0.1) is 6.92 Å². The second-order valence-electron chi connectivity index (χ2n) is 6.93. The molecule has 156 valence electrons. The highest BCUT2D eigenvalue weighted by molar-refractivity contribution is 7.89. The van der Waals surface area contributed by atoms with Crippen molar-refractivity contribution in [3.8, 4) is 0 Å². The first-order valence-electron chi connectivity index (χ1n) is 9.47. The third-order valence-corrected chi connectivity index (χ3v) is 6.65. The molecule has 2 heterocycles. The summed E-state index contributed by atoms with van der Waals surface area (Å²) >= 11 is 0. The summed E-state index contributed by atoms with van der Waals surface area (Å²) in [6, 6.07) is 6.52. The van der Waals surface area contributed by atoms with Gasteiger partial charge in [-0.25, -0.2) is 13.2 Å². The Bertz CT molecular complexity index is 1020. The maximum absolute atomic E-state index is 13.2. The van der Waals surface area contributed by atoms with E-state index in [4.69, 9.17) is 0 Å². The quantitative estimate of drug-likeness (QED) is 0.738. The zero-order valence-corrected chi connectivity index (χ0v) is 17.3. The van der Waals surface area contributed by atoms with E-state index in [0.29, 0.717) is 25.2 Å². The first-order chi connectivity index (χ1) is 13.8. The van der Waals surface area contributed by atoms with E-state index in [1.54, 1.807) is 25.3 Å². The lowest BCUT2D eigenvalue weighted by Gasteiger charge is -2.33. The van der Waals surface area contributed by atoms with E-state index in [1.165, 1.54) is 4.31 Å². The molecule has 0 bridgehead atoms. The van der Waals surface area contributed by atoms with Crippen molar-refractivity contribution >= 4 is 32.9 Å². The Labute approximate surface area is 170 Å². The van der Waals surface area contributed by atoms with Crippen molar-refractivity contribution < 1.29 is 18.0 Å². The maximum Gasteiger partial charge on any atom is 0.321 e. The highest BCUT2D eigenvalue weighted by Gasteiger charge is 2.30. The van der Waals surface area contributed by atoms with E-state index < -0.39 is 22.0 Å². The molecule has 1 fully saturated rings. The maximum atomic E-state index is 13.2. The van der Waals surface area contributed by atoms with Crippen molar-refractivity contribution in [2.45, 2.75) is 18.7 Å². The molecule has 2 N–H and O–H groups in total. The number of para-hydroxylation sites is 1. The standard InChI is InChI=1S/C19H25N5O4S/c1-3-20-19(26)22-17(25)13-23-7-9-24(10-8-23)29(27,28)16-6-4-5-15-11-14(2)12-21-18(15)16/h4-6,11-12H,3,7-10,13H2,1-2H3,(H2,20,22,25,26). The molecule has 9 nitrogen and oxygen atoms in total. The summed E-state index contributed by atoms with van der Waals surface area (Å²) in [4.78, 5) is 29.7. The minimum Gasteiger partial charge on any atom is -0.338 e. The van der Waals surface area contributed by atoms with Crippen LogP contribution < -0.4 is 10.6 Å². The highest BCUT2D eigenvalue weighted by Crippen LogP contribution is 2.25. The van der Waals surface area contributed by atoms with E-state index in [2.05, 4.69) is 15.6 Å². The van der Waals surface area contributed by atoms with Gasteiger partial charge in [-0.15, -0.1) is 0 Å². The van der Waals surface area contributed by atoms with E-state index in [1.807, 2.05) is 24.0 Å². The molecule has 0 saturated carbocycles. The number of urea groups is 1. The summed E-state index contributed by atoms with van der Waals surface area (Å²) in [5.74, 6) is -0.416. The van der Waals surface area contributed by atoms with Gasteiger partial charge in [-0.05, 0) is 31.5 Å². The van der Waals surface area contributed by atoms with Gasteiger partial charge in [0, 0.05) is 44.3 Å². The summed E-state index contributed by atoms with van der Waals surface area (Å²) in [6.07, 6.45) is 1.66. The highest BCUT2D eigenvalue weighted by atomic mass is 32.2. The van der Waals surface area contributed by atoms with Crippen LogP contribution in [0.3, 0.4) is 0 Å². The molecule has 1 aromatic heterocycles. The summed E-state index contributed by atoms with van der Waals surface area (Å²) < 4.78 is 27.8. The molecular formula is C19H25N5O4S. The molecule has 0 aliphatic carbocycles. The lowest BCUT2D eigenvalue weighted by atomic mass is 10.2. The summed E-state index contributed by atoms with van der Waals surface area (Å²) in [5, 5.41) is 5.53. The fraction of sp³-hybridized carbons (Fsp3) is 0.421. The Morgan fingerprint density at radius 1 is 1.17 bits per heavy atom. The van der Waals surface area contributed by atoms with E-state index in [0.717, 1.165) is 10.9 Å². The van der Waals surface area contributed by atoms with Crippen LogP contribution in [0.1, 0.15) is 12.5 Å². The van der Waals surface area contributed by atoms with Gasteiger partial charge in [0.25, 0.3) is 0 Å². The van der Waals surface area contributed by atoms with Gasteiger partial charge in [-0.2, -0.15) is 4.31 Å². The first-order valence-corrected chi connectivity index (χ1v) is 10.9. The average molecular weight is 420 g/mol. The summed E-state index contributed by atoms with van der Waals surface area (Å²) in [6.45, 7) is 5.47. The van der Waals surface area contributed by atoms with Crippen molar-refractivity contribution in [2.75, 3.05) is 39.3 Å². The number of imide groups is 1. The van der Waals surface area contributed by atoms with Crippen molar-refractivity contribution in [1.82, 2.24) is 24.8 Å². The van der Waals surface area contributed by atoms with Crippen LogP contribution in [0.2, 0.25) is 0 Å². The molecule has 1 aromatic carbocycles. The van der Waals surface area contributed by atoms with Crippen LogP contribution in [0.4, 0.5) is 4.79 Å². The molecule has 0 unspecified atom stereocenters. The van der Waals surface area contributed by atoms with Crippen LogP contribution in [0.15, 0.2) is 35.4 Å². The molecule has 0 radical (unpaired) electrons. The smallest absolute Gasteiger partial charge is 0.321 e. The van der Waals surface area contributed by atoms with Gasteiger partial charge in [-0.3, -0.25) is 20.0 Å². The molecule has 1 saturated heterocycles. The average Bonchev–Trinajstić information content (AvgIpc) is 2.67. The van der Waals surface area contributed by atoms with Crippen LogP contribution in [-0.2, 0) is 14.8 Å². The SMILES string of the molecule is CCNC(=O)NC(=O)CN1CCN(S(=O)(=O)c2cccc3cc(C)cnc23)CC1. The third-order valence-electron chi connectivity index (χ3n) is 4.72. The van der Waals surface area contributed by atoms with Crippen LogP contribution in [0.5, 0.6) is 0 Å². The Morgan fingerprint density at radius 3 is 2.59 bits per heavy atom. The number of nitrogens with one attached hydrogen (secondary N) is 2. The number of aryl methyl sites for hydroxylation is 1. The monoisotopic (exact) mass is 419 g/mol. The van der Waals surface area contributed by atoms with Crippen molar-refractivity contribution in [3.05, 3.63) is 36.0 Å². The van der Waals surface area contributed by atoms with Crippen molar-refractivity contribution in [3.63, 3.8) is 0 Å². The van der Waals surface area contributed by atoms with E-state index in [-0.39, 0.29) is 24.5 Å². The van der Waals surface area contributed by atoms with Crippen molar-refractivity contribution in [2.24, 2.45) is 0 Å². The molecule has 3 amide bonds. The lowest BCUT2D eigenvalue weighted by molar-refractivity contribution is -0.121. The van der Waals surface area contributed by atoms with E-state index >= 15 is 0 Å². The second-order valence-corrected chi connectivity index (χ2v) is 8.83. The molecule has 2 aromatic rings. The molecule has 0 atom stereocenters. The minimum atomic E-state index is -3.70. The normalized spacial score (nSPS) is 15.9. The van der Waals surface area contributed by atoms with Crippen LogP contribution in [0.25, 0.3) is 10.9 Å². The Kier molecular flexibility index (Phi) is 6.46. The fourth-order valence-corrected chi connectivity index (χ4v) is 4.88. The number of amides is 3. The van der Waals surface area contributed by atoms with Gasteiger partial charge < -0.3 is 5.32 Å². The number of carbonyl (C=O) groups is 2. The topological polar surface area (TPSA) is 112 Å². The lowest BCUT2D eigenvalue weighted by Crippen LogP contribution is -2.52. The van der Waals surface area contributed by atoms with Gasteiger partial charge in [0.15, 0.2) is 0 Å². The van der Waals surface area contributed by atoms with Gasteiger partial charge in [0.2, 0.25) is 15.9 Å². The third kappa shape index (κ3) is 4.89. The summed E-state index contributed by atoms with van der Waals surface area (Å²) in [5.41, 5.74) is 1.42. The molecule has 3 rings (SSSR count). The zero-order valence-electron chi connectivity index (χ0n) is 16.5. The number of sulfonamides is 1. The number of aromatic nitrogens is 1. The number of piperazine rings is 1. The fourth-order valence-electron chi connectivity index (χ4n) is 3.29. The predicted molar refractivity (Wildman–Crippen MR) is 109 cm³/mol. The molecule has 1 aliphatic rings. The van der Waals surface area contributed by atoms with Crippen molar-refractivity contribution in [1.29, 1.82) is 0 Å². The number of hydrogen-bond acceptors (Lipinski definition) is 6. The number of nitrogens with zero attached hydrogens (tertiary/aromatic N) is 3. The largest absolute Gasteiger partial charge is 0.338 e. The van der Waals surface area contributed by atoms with Crippen LogP contribution in [-0.4, -0.2) is 73.8 Å². The Balaban J connectivity index is 1.66. The number of rotatable bonds is 5. The number of fused-ring (bicyclic) bond motifs is 1. The van der Waals surface area contributed by atoms with Gasteiger partial charge >= 0.3 is 6.03 Å². The molecule has 1 aliphatic heterocycles. The van der Waals surface area contributed by atoms with E-state index in [9.17, 15) is 18.0 Å². The zero-order chi connectivity index (χ0) is 21.0. The number of pyridine rings is 1. The van der Waals surface area contributed by atoms with Gasteiger partial charge in [0.05, 0.1) is 12.1 Å². The Morgan fingerprint density at radius 2 is 1.90 bits per heavy atom. The van der Waals surface area contributed by atoms with Gasteiger partial charge in [0.1, 0.15) is 4.90 Å². The first kappa shape index (κ1) is 21.2. The molecule has 0 spiro atoms. The minimum absolute atomic E-state index is 0.0418. The number of hydrogen-bond donors (Lipinski definition) is 2. The molecule has 29 heavy (non-hydrogen) atoms.